The Labute approximate surface area is 113 Å². The van der Waals surface area contributed by atoms with E-state index in [0.717, 1.165) is 16.9 Å². The van der Waals surface area contributed by atoms with Gasteiger partial charge in [-0.2, -0.15) is 0 Å². The van der Waals surface area contributed by atoms with Crippen LogP contribution in [0.4, 0.5) is 0 Å². The van der Waals surface area contributed by atoms with Gasteiger partial charge >= 0.3 is 0 Å². The van der Waals surface area contributed by atoms with Crippen LogP contribution in [-0.4, -0.2) is 5.78 Å². The molecule has 96 valence electrons. The van der Waals surface area contributed by atoms with Crippen molar-refractivity contribution in [3.63, 3.8) is 0 Å². The Kier molecular flexibility index (Phi) is 4.51. The molecule has 0 atom stereocenters. The van der Waals surface area contributed by atoms with Gasteiger partial charge in [0.2, 0.25) is 0 Å². The fourth-order valence-electron chi connectivity index (χ4n) is 1.62. The molecule has 2 aromatic rings. The SMILES string of the molecule is CC(=O)/C=C/c1ccc(COc2ccccc2)cc1. The van der Waals surface area contributed by atoms with E-state index in [1.807, 2.05) is 60.7 Å². The van der Waals surface area contributed by atoms with Crippen LogP contribution in [0.25, 0.3) is 6.08 Å². The Morgan fingerprint density at radius 2 is 1.74 bits per heavy atom. The van der Waals surface area contributed by atoms with E-state index in [4.69, 9.17) is 4.74 Å². The zero-order valence-electron chi connectivity index (χ0n) is 10.9. The predicted octanol–water partition coefficient (Wildman–Crippen LogP) is 3.87. The molecule has 0 unspecified atom stereocenters. The molecule has 0 aliphatic heterocycles. The number of hydrogen-bond acceptors (Lipinski definition) is 2. The first-order valence-electron chi connectivity index (χ1n) is 6.19. The standard InChI is InChI=1S/C17H16O2/c1-14(18)7-8-15-9-11-16(12-10-15)13-19-17-5-3-2-4-6-17/h2-12H,13H2,1H3/b8-7+. The molecule has 0 aliphatic carbocycles. The second kappa shape index (κ2) is 6.55. The molecule has 0 saturated heterocycles. The first-order chi connectivity index (χ1) is 9.24. The average molecular weight is 252 g/mol. The molecular weight excluding hydrogens is 236 g/mol. The third-order valence-electron chi connectivity index (χ3n) is 2.64. The molecule has 2 nitrogen and oxygen atoms in total. The molecule has 0 amide bonds. The van der Waals surface area contributed by atoms with Crippen molar-refractivity contribution in [3.8, 4) is 5.75 Å². The number of carbonyl (C=O) groups is 1. The molecule has 0 spiro atoms. The molecular formula is C17H16O2. The van der Waals surface area contributed by atoms with Crippen molar-refractivity contribution in [1.29, 1.82) is 0 Å². The molecule has 0 aliphatic rings. The minimum atomic E-state index is 0.0523. The molecule has 0 radical (unpaired) electrons. The van der Waals surface area contributed by atoms with E-state index in [9.17, 15) is 4.79 Å². The van der Waals surface area contributed by atoms with E-state index in [-0.39, 0.29) is 5.78 Å². The smallest absolute Gasteiger partial charge is 0.152 e. The van der Waals surface area contributed by atoms with E-state index >= 15 is 0 Å². The van der Waals surface area contributed by atoms with Crippen LogP contribution in [0.5, 0.6) is 5.75 Å². The predicted molar refractivity (Wildman–Crippen MR) is 76.9 cm³/mol. The summed E-state index contributed by atoms with van der Waals surface area (Å²) < 4.78 is 5.66. The highest BCUT2D eigenvalue weighted by atomic mass is 16.5. The summed E-state index contributed by atoms with van der Waals surface area (Å²) in [7, 11) is 0. The van der Waals surface area contributed by atoms with Crippen LogP contribution in [0.15, 0.2) is 60.7 Å². The lowest BCUT2D eigenvalue weighted by atomic mass is 10.1. The highest BCUT2D eigenvalue weighted by Crippen LogP contribution is 2.12. The third-order valence-corrected chi connectivity index (χ3v) is 2.64. The van der Waals surface area contributed by atoms with E-state index in [1.165, 1.54) is 0 Å². The lowest BCUT2D eigenvalue weighted by Crippen LogP contribution is -1.94. The zero-order chi connectivity index (χ0) is 13.5. The van der Waals surface area contributed by atoms with Gasteiger partial charge in [0.1, 0.15) is 12.4 Å². The number of ketones is 1. The van der Waals surface area contributed by atoms with Crippen LogP contribution in [0, 0.1) is 0 Å². The Balaban J connectivity index is 1.94. The minimum absolute atomic E-state index is 0.0523. The highest BCUT2D eigenvalue weighted by Gasteiger charge is 1.95. The quantitative estimate of drug-likeness (QED) is 0.755. The minimum Gasteiger partial charge on any atom is -0.489 e. The maximum atomic E-state index is 10.8. The number of allylic oxidation sites excluding steroid dienone is 1. The van der Waals surface area contributed by atoms with Gasteiger partial charge in [0, 0.05) is 0 Å². The second-order valence-electron chi connectivity index (χ2n) is 4.29. The third kappa shape index (κ3) is 4.43. The van der Waals surface area contributed by atoms with E-state index in [0.29, 0.717) is 6.61 Å². The summed E-state index contributed by atoms with van der Waals surface area (Å²) in [6.45, 7) is 2.08. The van der Waals surface area contributed by atoms with E-state index in [2.05, 4.69) is 0 Å². The van der Waals surface area contributed by atoms with Crippen molar-refractivity contribution in [2.75, 3.05) is 0 Å². The van der Waals surface area contributed by atoms with Gasteiger partial charge in [-0.3, -0.25) is 4.79 Å². The Hall–Kier alpha value is -2.35. The molecule has 0 bridgehead atoms. The van der Waals surface area contributed by atoms with Crippen molar-refractivity contribution in [2.24, 2.45) is 0 Å². The summed E-state index contributed by atoms with van der Waals surface area (Å²) in [5, 5.41) is 0. The van der Waals surface area contributed by atoms with E-state index in [1.54, 1.807) is 13.0 Å². The van der Waals surface area contributed by atoms with Gasteiger partial charge < -0.3 is 4.74 Å². The molecule has 2 heteroatoms. The van der Waals surface area contributed by atoms with Crippen molar-refractivity contribution in [2.45, 2.75) is 13.5 Å². The summed E-state index contributed by atoms with van der Waals surface area (Å²) in [5.41, 5.74) is 2.11. The van der Waals surface area contributed by atoms with Crippen molar-refractivity contribution >= 4 is 11.9 Å². The molecule has 2 aromatic carbocycles. The molecule has 19 heavy (non-hydrogen) atoms. The number of benzene rings is 2. The number of para-hydroxylation sites is 1. The molecule has 2 rings (SSSR count). The van der Waals surface area contributed by atoms with Gasteiger partial charge in [-0.25, -0.2) is 0 Å². The number of carbonyl (C=O) groups excluding carboxylic acids is 1. The normalized spacial score (nSPS) is 10.6. The molecule has 0 fully saturated rings. The van der Waals surface area contributed by atoms with Gasteiger partial charge in [0.05, 0.1) is 0 Å². The lowest BCUT2D eigenvalue weighted by Gasteiger charge is -2.06. The molecule has 0 heterocycles. The monoisotopic (exact) mass is 252 g/mol. The van der Waals surface area contributed by atoms with Crippen LogP contribution >= 0.6 is 0 Å². The number of ether oxygens (including phenoxy) is 1. The second-order valence-corrected chi connectivity index (χ2v) is 4.29. The maximum Gasteiger partial charge on any atom is 0.152 e. The fourth-order valence-corrected chi connectivity index (χ4v) is 1.62. The van der Waals surface area contributed by atoms with Gasteiger partial charge in [-0.15, -0.1) is 0 Å². The first-order valence-corrected chi connectivity index (χ1v) is 6.19. The first kappa shape index (κ1) is 13.1. The van der Waals surface area contributed by atoms with Crippen molar-refractivity contribution < 1.29 is 9.53 Å². The molecule has 0 N–H and O–H groups in total. The summed E-state index contributed by atoms with van der Waals surface area (Å²) in [6.07, 6.45) is 3.37. The maximum absolute atomic E-state index is 10.8. The average Bonchev–Trinajstić information content (AvgIpc) is 2.45. The summed E-state index contributed by atoms with van der Waals surface area (Å²) in [5.74, 6) is 0.916. The van der Waals surface area contributed by atoms with Crippen LogP contribution in [-0.2, 0) is 11.4 Å². The van der Waals surface area contributed by atoms with Crippen LogP contribution < -0.4 is 4.74 Å². The van der Waals surface area contributed by atoms with E-state index < -0.39 is 0 Å². The Morgan fingerprint density at radius 1 is 1.05 bits per heavy atom. The lowest BCUT2D eigenvalue weighted by molar-refractivity contribution is -0.112. The Bertz CT molecular complexity index is 554. The topological polar surface area (TPSA) is 26.3 Å². The summed E-state index contributed by atoms with van der Waals surface area (Å²) >= 11 is 0. The number of hydrogen-bond donors (Lipinski definition) is 0. The summed E-state index contributed by atoms with van der Waals surface area (Å²) in [6, 6.07) is 17.7. The summed E-state index contributed by atoms with van der Waals surface area (Å²) in [4.78, 5) is 10.8. The molecule has 0 saturated carbocycles. The van der Waals surface area contributed by atoms with Crippen molar-refractivity contribution in [1.82, 2.24) is 0 Å². The van der Waals surface area contributed by atoms with Crippen LogP contribution in [0.3, 0.4) is 0 Å². The van der Waals surface area contributed by atoms with Gasteiger partial charge in [-0.05, 0) is 36.3 Å². The van der Waals surface area contributed by atoms with Gasteiger partial charge in [0.15, 0.2) is 5.78 Å². The van der Waals surface area contributed by atoms with Gasteiger partial charge in [-0.1, -0.05) is 48.5 Å². The Morgan fingerprint density at radius 3 is 2.37 bits per heavy atom. The highest BCUT2D eigenvalue weighted by molar-refractivity contribution is 5.91. The van der Waals surface area contributed by atoms with Gasteiger partial charge in [0.25, 0.3) is 0 Å². The fraction of sp³-hybridized carbons (Fsp3) is 0.118. The zero-order valence-corrected chi connectivity index (χ0v) is 10.9. The number of rotatable bonds is 5. The van der Waals surface area contributed by atoms with Crippen molar-refractivity contribution in [3.05, 3.63) is 71.8 Å². The molecule has 0 aromatic heterocycles. The van der Waals surface area contributed by atoms with Crippen LogP contribution in [0.2, 0.25) is 0 Å². The van der Waals surface area contributed by atoms with Crippen LogP contribution in [0.1, 0.15) is 18.1 Å². The largest absolute Gasteiger partial charge is 0.489 e.